The van der Waals surface area contributed by atoms with Gasteiger partial charge in [0.15, 0.2) is 6.29 Å². The molecule has 0 aliphatic carbocycles. The van der Waals surface area contributed by atoms with Crippen LogP contribution in [-0.4, -0.2) is 22.7 Å². The Bertz CT molecular complexity index is 502. The Morgan fingerprint density at radius 3 is 3.00 bits per heavy atom. The van der Waals surface area contributed by atoms with E-state index in [1.807, 2.05) is 36.7 Å². The van der Waals surface area contributed by atoms with Crippen LogP contribution >= 0.6 is 0 Å². The van der Waals surface area contributed by atoms with Gasteiger partial charge in [-0.1, -0.05) is 6.07 Å². The molecular weight excluding hydrogens is 190 g/mol. The average Bonchev–Trinajstić information content (AvgIpc) is 2.57. The number of aldehydes is 1. The highest BCUT2D eigenvalue weighted by atomic mass is 16.1. The molecule has 0 atom stereocenters. The molecule has 4 nitrogen and oxygen atoms in total. The Hall–Kier alpha value is -1.68. The van der Waals surface area contributed by atoms with Gasteiger partial charge in [0.05, 0.1) is 12.1 Å². The summed E-state index contributed by atoms with van der Waals surface area (Å²) in [6.07, 6.45) is 2.78. The van der Waals surface area contributed by atoms with Crippen molar-refractivity contribution in [2.24, 2.45) is 0 Å². The highest BCUT2D eigenvalue weighted by molar-refractivity contribution is 5.83. The van der Waals surface area contributed by atoms with Crippen molar-refractivity contribution >= 4 is 11.8 Å². The number of hydrogen-bond acceptors (Lipinski definition) is 3. The number of nitrogens with one attached hydrogen (secondary N) is 1. The number of nitrogens with zero attached hydrogens (tertiary/aromatic N) is 2. The van der Waals surface area contributed by atoms with Crippen molar-refractivity contribution in [2.45, 2.75) is 13.5 Å². The van der Waals surface area contributed by atoms with Gasteiger partial charge >= 0.3 is 0 Å². The summed E-state index contributed by atoms with van der Waals surface area (Å²) in [5, 5.41) is 3.03. The maximum atomic E-state index is 10.8. The Labute approximate surface area is 87.9 Å². The normalized spacial score (nSPS) is 10.8. The van der Waals surface area contributed by atoms with Gasteiger partial charge in [-0.15, -0.1) is 0 Å². The minimum Gasteiger partial charge on any atom is -0.313 e. The lowest BCUT2D eigenvalue weighted by molar-refractivity contribution is 0.112. The summed E-state index contributed by atoms with van der Waals surface area (Å²) in [4.78, 5) is 15.1. The Balaban J connectivity index is 2.69. The SMILES string of the molecule is CNCc1nc(C=O)c2ccc(C)cn12. The Morgan fingerprint density at radius 1 is 1.53 bits per heavy atom. The van der Waals surface area contributed by atoms with E-state index in [-0.39, 0.29) is 0 Å². The predicted molar refractivity (Wildman–Crippen MR) is 58.1 cm³/mol. The molecule has 0 aliphatic heterocycles. The summed E-state index contributed by atoms with van der Waals surface area (Å²) in [7, 11) is 1.86. The second-order valence-electron chi connectivity index (χ2n) is 3.52. The zero-order valence-corrected chi connectivity index (χ0v) is 8.82. The third-order valence-electron chi connectivity index (χ3n) is 2.33. The number of aromatic nitrogens is 2. The molecule has 2 aromatic rings. The van der Waals surface area contributed by atoms with Crippen LogP contribution in [0.4, 0.5) is 0 Å². The fraction of sp³-hybridized carbons (Fsp3) is 0.273. The van der Waals surface area contributed by atoms with Gasteiger partial charge in [0, 0.05) is 6.20 Å². The number of carbonyl (C=O) groups is 1. The van der Waals surface area contributed by atoms with Crippen molar-refractivity contribution in [2.75, 3.05) is 7.05 Å². The second kappa shape index (κ2) is 3.82. The Morgan fingerprint density at radius 2 is 2.33 bits per heavy atom. The van der Waals surface area contributed by atoms with E-state index < -0.39 is 0 Å². The molecule has 0 aliphatic rings. The van der Waals surface area contributed by atoms with Crippen molar-refractivity contribution in [1.29, 1.82) is 0 Å². The summed E-state index contributed by atoms with van der Waals surface area (Å²) in [5.74, 6) is 0.860. The standard InChI is InChI=1S/C11H13N3O/c1-8-3-4-10-9(7-15)13-11(5-12-2)14(10)6-8/h3-4,6-7,12H,5H2,1-2H3. The molecule has 1 N–H and O–H groups in total. The zero-order valence-electron chi connectivity index (χ0n) is 8.82. The smallest absolute Gasteiger partial charge is 0.170 e. The molecule has 0 spiro atoms. The van der Waals surface area contributed by atoms with E-state index in [2.05, 4.69) is 10.3 Å². The highest BCUT2D eigenvalue weighted by Crippen LogP contribution is 2.13. The number of carbonyl (C=O) groups excluding carboxylic acids is 1. The van der Waals surface area contributed by atoms with Gasteiger partial charge in [0.1, 0.15) is 11.5 Å². The van der Waals surface area contributed by atoms with E-state index >= 15 is 0 Å². The zero-order chi connectivity index (χ0) is 10.8. The van der Waals surface area contributed by atoms with E-state index in [1.165, 1.54) is 0 Å². The minimum atomic E-state index is 0.500. The van der Waals surface area contributed by atoms with Gasteiger partial charge in [-0.3, -0.25) is 4.79 Å². The first-order valence-corrected chi connectivity index (χ1v) is 4.83. The quantitative estimate of drug-likeness (QED) is 0.762. The van der Waals surface area contributed by atoms with Gasteiger partial charge in [0.2, 0.25) is 0 Å². The summed E-state index contributed by atoms with van der Waals surface area (Å²) in [5.41, 5.74) is 2.51. The van der Waals surface area contributed by atoms with Crippen molar-refractivity contribution < 1.29 is 4.79 Å². The average molecular weight is 203 g/mol. The van der Waals surface area contributed by atoms with Crippen LogP contribution in [-0.2, 0) is 6.54 Å². The van der Waals surface area contributed by atoms with Crippen molar-refractivity contribution in [3.8, 4) is 0 Å². The molecule has 0 saturated carbocycles. The first kappa shape index (κ1) is 9.86. The number of pyridine rings is 1. The molecular formula is C11H13N3O. The summed E-state index contributed by atoms with van der Waals surface area (Å²) < 4.78 is 1.95. The fourth-order valence-electron chi connectivity index (χ4n) is 1.65. The van der Waals surface area contributed by atoms with Crippen LogP contribution in [0.2, 0.25) is 0 Å². The van der Waals surface area contributed by atoms with Gasteiger partial charge in [-0.05, 0) is 25.6 Å². The molecule has 15 heavy (non-hydrogen) atoms. The van der Waals surface area contributed by atoms with Gasteiger partial charge < -0.3 is 9.72 Å². The molecule has 0 bridgehead atoms. The van der Waals surface area contributed by atoms with Crippen LogP contribution in [0, 0.1) is 6.92 Å². The number of rotatable bonds is 3. The van der Waals surface area contributed by atoms with Crippen LogP contribution in [0.3, 0.4) is 0 Å². The molecule has 78 valence electrons. The third kappa shape index (κ3) is 1.64. The monoisotopic (exact) mass is 203 g/mol. The number of fused-ring (bicyclic) bond motifs is 1. The third-order valence-corrected chi connectivity index (χ3v) is 2.33. The first-order valence-electron chi connectivity index (χ1n) is 4.83. The van der Waals surface area contributed by atoms with Crippen LogP contribution in [0.25, 0.3) is 5.52 Å². The van der Waals surface area contributed by atoms with Gasteiger partial charge in [0.25, 0.3) is 0 Å². The molecule has 0 aromatic carbocycles. The largest absolute Gasteiger partial charge is 0.313 e. The van der Waals surface area contributed by atoms with Crippen molar-refractivity contribution in [3.63, 3.8) is 0 Å². The maximum Gasteiger partial charge on any atom is 0.170 e. The second-order valence-corrected chi connectivity index (χ2v) is 3.52. The number of imidazole rings is 1. The topological polar surface area (TPSA) is 46.4 Å². The molecule has 0 radical (unpaired) electrons. The van der Waals surface area contributed by atoms with Crippen LogP contribution in [0.1, 0.15) is 21.9 Å². The highest BCUT2D eigenvalue weighted by Gasteiger charge is 2.08. The van der Waals surface area contributed by atoms with Gasteiger partial charge in [-0.25, -0.2) is 4.98 Å². The fourth-order valence-corrected chi connectivity index (χ4v) is 1.65. The summed E-state index contributed by atoms with van der Waals surface area (Å²) >= 11 is 0. The van der Waals surface area contributed by atoms with Crippen molar-refractivity contribution in [3.05, 3.63) is 35.4 Å². The van der Waals surface area contributed by atoms with Crippen LogP contribution in [0.5, 0.6) is 0 Å². The number of hydrogen-bond donors (Lipinski definition) is 1. The van der Waals surface area contributed by atoms with E-state index in [0.717, 1.165) is 23.2 Å². The first-order chi connectivity index (χ1) is 7.26. The molecule has 0 unspecified atom stereocenters. The summed E-state index contributed by atoms with van der Waals surface area (Å²) in [6.45, 7) is 2.67. The van der Waals surface area contributed by atoms with Gasteiger partial charge in [-0.2, -0.15) is 0 Å². The lowest BCUT2D eigenvalue weighted by Gasteiger charge is -2.00. The van der Waals surface area contributed by atoms with E-state index in [0.29, 0.717) is 12.2 Å². The molecule has 0 fully saturated rings. The predicted octanol–water partition coefficient (Wildman–Crippen LogP) is 1.17. The van der Waals surface area contributed by atoms with E-state index in [9.17, 15) is 4.79 Å². The summed E-state index contributed by atoms with van der Waals surface area (Å²) in [6, 6.07) is 3.90. The molecule has 2 rings (SSSR count). The Kier molecular flexibility index (Phi) is 2.51. The lowest BCUT2D eigenvalue weighted by Crippen LogP contribution is -2.08. The number of aryl methyl sites for hydroxylation is 1. The molecule has 2 aromatic heterocycles. The molecule has 2 heterocycles. The minimum absolute atomic E-state index is 0.500. The maximum absolute atomic E-state index is 10.8. The lowest BCUT2D eigenvalue weighted by atomic mass is 10.3. The molecule has 4 heteroatoms. The molecule has 0 amide bonds. The molecule has 0 saturated heterocycles. The van der Waals surface area contributed by atoms with Crippen LogP contribution in [0.15, 0.2) is 18.3 Å². The van der Waals surface area contributed by atoms with Crippen molar-refractivity contribution in [1.82, 2.24) is 14.7 Å². The van der Waals surface area contributed by atoms with E-state index in [1.54, 1.807) is 0 Å². The van der Waals surface area contributed by atoms with E-state index in [4.69, 9.17) is 0 Å². The van der Waals surface area contributed by atoms with Crippen LogP contribution < -0.4 is 5.32 Å².